The van der Waals surface area contributed by atoms with E-state index in [0.29, 0.717) is 18.7 Å². The summed E-state index contributed by atoms with van der Waals surface area (Å²) in [5.74, 6) is -1.01. The molecule has 0 saturated carbocycles. The maximum absolute atomic E-state index is 12.8. The molecule has 1 aromatic rings. The van der Waals surface area contributed by atoms with Crippen LogP contribution in [0.25, 0.3) is 0 Å². The number of hydrogen-bond donors (Lipinski definition) is 2. The monoisotopic (exact) mass is 359 g/mol. The number of carbonyl (C=O) groups is 2. The topological polar surface area (TPSA) is 87.1 Å². The summed E-state index contributed by atoms with van der Waals surface area (Å²) in [5.41, 5.74) is 0.831. The number of aliphatic hydroxyl groups is 1. The van der Waals surface area contributed by atoms with Crippen LogP contribution in [0.4, 0.5) is 0 Å². The molecule has 1 saturated heterocycles. The van der Waals surface area contributed by atoms with Crippen molar-refractivity contribution in [2.75, 3.05) is 13.2 Å². The molecule has 2 aliphatic heterocycles. The van der Waals surface area contributed by atoms with Crippen LogP contribution in [0.5, 0.6) is 5.75 Å². The van der Waals surface area contributed by atoms with E-state index in [0.717, 1.165) is 12.8 Å². The second-order valence-electron chi connectivity index (χ2n) is 7.37. The molecule has 0 radical (unpaired) electrons. The molecule has 140 valence electrons. The van der Waals surface area contributed by atoms with E-state index in [-0.39, 0.29) is 35.5 Å². The van der Waals surface area contributed by atoms with E-state index in [2.05, 4.69) is 0 Å². The molecule has 1 fully saturated rings. The van der Waals surface area contributed by atoms with Gasteiger partial charge in [-0.15, -0.1) is 0 Å². The Morgan fingerprint density at radius 2 is 1.96 bits per heavy atom. The van der Waals surface area contributed by atoms with Crippen LogP contribution < -0.4 is 0 Å². The van der Waals surface area contributed by atoms with Crippen LogP contribution in [-0.4, -0.2) is 46.1 Å². The number of nitrogens with zero attached hydrogens (tertiary/aromatic N) is 1. The van der Waals surface area contributed by atoms with Crippen LogP contribution in [0.2, 0.25) is 0 Å². The van der Waals surface area contributed by atoms with E-state index in [1.165, 1.54) is 17.0 Å². The molecule has 6 heteroatoms. The first kappa shape index (κ1) is 18.5. The number of rotatable bonds is 6. The number of carbonyl (C=O) groups excluding carboxylic acids is 2. The third kappa shape index (κ3) is 3.60. The van der Waals surface area contributed by atoms with Gasteiger partial charge in [0.2, 0.25) is 0 Å². The van der Waals surface area contributed by atoms with Gasteiger partial charge in [-0.05, 0) is 36.5 Å². The van der Waals surface area contributed by atoms with Gasteiger partial charge in [-0.3, -0.25) is 9.59 Å². The fourth-order valence-electron chi connectivity index (χ4n) is 3.62. The van der Waals surface area contributed by atoms with Gasteiger partial charge >= 0.3 is 0 Å². The average molecular weight is 359 g/mol. The summed E-state index contributed by atoms with van der Waals surface area (Å²) >= 11 is 0. The smallest absolute Gasteiger partial charge is 0.290 e. The lowest BCUT2D eigenvalue weighted by Gasteiger charge is -2.29. The second-order valence-corrected chi connectivity index (χ2v) is 7.37. The first-order chi connectivity index (χ1) is 12.4. The Morgan fingerprint density at radius 1 is 1.27 bits per heavy atom. The van der Waals surface area contributed by atoms with E-state index >= 15 is 0 Å². The molecule has 2 atom stereocenters. The third-order valence-electron chi connectivity index (χ3n) is 4.83. The molecule has 2 heterocycles. The van der Waals surface area contributed by atoms with Gasteiger partial charge in [0, 0.05) is 19.6 Å². The van der Waals surface area contributed by atoms with Gasteiger partial charge in [-0.1, -0.05) is 26.0 Å². The molecule has 2 N–H and O–H groups in total. The van der Waals surface area contributed by atoms with Gasteiger partial charge in [0.05, 0.1) is 17.7 Å². The van der Waals surface area contributed by atoms with Crippen molar-refractivity contribution in [3.63, 3.8) is 0 Å². The van der Waals surface area contributed by atoms with Crippen molar-refractivity contribution in [2.45, 2.75) is 45.3 Å². The molecular weight excluding hydrogens is 334 g/mol. The van der Waals surface area contributed by atoms with Crippen LogP contribution in [0.3, 0.4) is 0 Å². The Balaban J connectivity index is 1.97. The average Bonchev–Trinajstić information content (AvgIpc) is 3.17. The molecule has 0 aliphatic carbocycles. The molecule has 3 rings (SSSR count). The van der Waals surface area contributed by atoms with E-state index in [1.807, 2.05) is 13.8 Å². The Labute approximate surface area is 153 Å². The predicted octanol–water partition coefficient (Wildman–Crippen LogP) is 2.88. The third-order valence-corrected chi connectivity index (χ3v) is 4.83. The summed E-state index contributed by atoms with van der Waals surface area (Å²) in [7, 11) is 0. The van der Waals surface area contributed by atoms with Gasteiger partial charge in [0.15, 0.2) is 11.5 Å². The van der Waals surface area contributed by atoms with Crippen molar-refractivity contribution in [2.24, 2.45) is 5.92 Å². The number of Topliss-reactive ketones (excluding diaryl/α,β-unsaturated/α-hetero) is 1. The summed E-state index contributed by atoms with van der Waals surface area (Å²) in [4.78, 5) is 27.0. The lowest BCUT2D eigenvalue weighted by Crippen LogP contribution is -2.37. The van der Waals surface area contributed by atoms with Gasteiger partial charge in [-0.2, -0.15) is 0 Å². The van der Waals surface area contributed by atoms with Crippen molar-refractivity contribution < 1.29 is 24.5 Å². The number of benzene rings is 1. The van der Waals surface area contributed by atoms with Crippen LogP contribution in [0.1, 0.15) is 44.7 Å². The highest BCUT2D eigenvalue weighted by Crippen LogP contribution is 2.39. The molecular formula is C20H25NO5. The van der Waals surface area contributed by atoms with E-state index in [4.69, 9.17) is 4.74 Å². The molecule has 0 bridgehead atoms. The summed E-state index contributed by atoms with van der Waals surface area (Å²) in [6, 6.07) is 5.74. The first-order valence-corrected chi connectivity index (χ1v) is 9.06. The normalized spacial score (nSPS) is 23.3. The van der Waals surface area contributed by atoms with Gasteiger partial charge in [0.25, 0.3) is 5.91 Å². The number of amides is 1. The number of ether oxygens (including phenoxy) is 1. The number of phenolic OH excluding ortho intramolecular Hbond substituents is 1. The van der Waals surface area contributed by atoms with Crippen molar-refractivity contribution in [3.8, 4) is 5.75 Å². The number of aromatic hydroxyl groups is 1. The summed E-state index contributed by atoms with van der Waals surface area (Å²) in [5, 5.41) is 20.0. The predicted molar refractivity (Wildman–Crippen MR) is 95.7 cm³/mol. The largest absolute Gasteiger partial charge is 0.508 e. The Morgan fingerprint density at radius 3 is 2.54 bits per heavy atom. The summed E-state index contributed by atoms with van der Waals surface area (Å²) < 4.78 is 5.64. The van der Waals surface area contributed by atoms with Gasteiger partial charge in [0.1, 0.15) is 5.75 Å². The number of ketones is 1. The van der Waals surface area contributed by atoms with Gasteiger partial charge < -0.3 is 19.8 Å². The van der Waals surface area contributed by atoms with E-state index in [9.17, 15) is 19.8 Å². The molecule has 1 amide bonds. The van der Waals surface area contributed by atoms with E-state index < -0.39 is 17.7 Å². The maximum Gasteiger partial charge on any atom is 0.290 e. The molecule has 2 unspecified atom stereocenters. The van der Waals surface area contributed by atoms with Crippen molar-refractivity contribution in [3.05, 3.63) is 41.2 Å². The number of aliphatic hydroxyl groups excluding tert-OH is 1. The molecule has 0 aromatic heterocycles. The Bertz CT molecular complexity index is 716. The summed E-state index contributed by atoms with van der Waals surface area (Å²) in [6.45, 7) is 4.83. The minimum Gasteiger partial charge on any atom is -0.508 e. The van der Waals surface area contributed by atoms with Crippen molar-refractivity contribution in [1.29, 1.82) is 0 Å². The zero-order chi connectivity index (χ0) is 18.8. The molecule has 26 heavy (non-hydrogen) atoms. The number of phenols is 1. The first-order valence-electron chi connectivity index (χ1n) is 9.06. The standard InChI is InChI=1S/C20H25NO5/c1-12(2)10-16(23)17-18(13-5-7-14(22)8-6-13)21(20(25)19(17)24)11-15-4-3-9-26-15/h5-8,12,15,18,22,24H,3-4,9-11H2,1-2H3. The highest BCUT2D eigenvalue weighted by atomic mass is 16.5. The minimum absolute atomic E-state index is 0.0917. The van der Waals surface area contributed by atoms with Crippen LogP contribution in [0.15, 0.2) is 35.6 Å². The zero-order valence-electron chi connectivity index (χ0n) is 15.1. The highest BCUT2D eigenvalue weighted by Gasteiger charge is 2.44. The second kappa shape index (κ2) is 7.50. The fourth-order valence-corrected chi connectivity index (χ4v) is 3.62. The summed E-state index contributed by atoms with van der Waals surface area (Å²) in [6.07, 6.45) is 1.96. The molecule has 6 nitrogen and oxygen atoms in total. The molecule has 2 aliphatic rings. The highest BCUT2D eigenvalue weighted by molar-refractivity contribution is 6.09. The maximum atomic E-state index is 12.8. The lowest BCUT2D eigenvalue weighted by molar-refractivity contribution is -0.131. The quantitative estimate of drug-likeness (QED) is 0.815. The zero-order valence-corrected chi connectivity index (χ0v) is 15.1. The van der Waals surface area contributed by atoms with Crippen molar-refractivity contribution in [1.82, 2.24) is 4.90 Å². The van der Waals surface area contributed by atoms with Crippen LogP contribution in [-0.2, 0) is 14.3 Å². The van der Waals surface area contributed by atoms with Crippen molar-refractivity contribution >= 4 is 11.7 Å². The Kier molecular flexibility index (Phi) is 5.32. The fraction of sp³-hybridized carbons (Fsp3) is 0.500. The van der Waals surface area contributed by atoms with Gasteiger partial charge in [-0.25, -0.2) is 0 Å². The van der Waals surface area contributed by atoms with Crippen LogP contribution >= 0.6 is 0 Å². The van der Waals surface area contributed by atoms with Crippen LogP contribution in [0, 0.1) is 5.92 Å². The molecule has 1 aromatic carbocycles. The van der Waals surface area contributed by atoms with E-state index in [1.54, 1.807) is 12.1 Å². The SMILES string of the molecule is CC(C)CC(=O)C1=C(O)C(=O)N(CC2CCCO2)C1c1ccc(O)cc1. The number of hydrogen-bond acceptors (Lipinski definition) is 5. The molecule has 0 spiro atoms. The minimum atomic E-state index is -0.654. The Hall–Kier alpha value is -2.34. The lowest BCUT2D eigenvalue weighted by atomic mass is 9.92.